The molecule has 0 heterocycles. The molecule has 0 aliphatic rings. The zero-order valence-electron chi connectivity index (χ0n) is 14.9. The summed E-state index contributed by atoms with van der Waals surface area (Å²) in [6, 6.07) is 6.82. The van der Waals surface area contributed by atoms with E-state index < -0.39 is 30.2 Å². The number of anilines is 1. The summed E-state index contributed by atoms with van der Waals surface area (Å²) in [7, 11) is 1.37. The van der Waals surface area contributed by atoms with Crippen LogP contribution < -0.4 is 10.1 Å². The molecule has 29 heavy (non-hydrogen) atoms. The minimum absolute atomic E-state index is 0.0721. The average molecular weight is 430 g/mol. The topological polar surface area (TPSA) is 84.9 Å². The van der Waals surface area contributed by atoms with Gasteiger partial charge in [-0.15, -0.1) is 0 Å². The maximum absolute atomic E-state index is 12.7. The van der Waals surface area contributed by atoms with Crippen LogP contribution in [0, 0.1) is 0 Å². The Morgan fingerprint density at radius 1 is 1.21 bits per heavy atom. The van der Waals surface area contributed by atoms with Crippen molar-refractivity contribution >= 4 is 35.2 Å². The maximum atomic E-state index is 12.7. The van der Waals surface area contributed by atoms with Gasteiger partial charge in [0.25, 0.3) is 5.91 Å². The molecule has 0 fully saturated rings. The summed E-state index contributed by atoms with van der Waals surface area (Å²) in [5.74, 6) is -1.59. The number of benzene rings is 2. The van der Waals surface area contributed by atoms with Crippen LogP contribution in [-0.4, -0.2) is 30.7 Å². The van der Waals surface area contributed by atoms with Gasteiger partial charge < -0.3 is 19.9 Å². The van der Waals surface area contributed by atoms with Gasteiger partial charge in [-0.1, -0.05) is 17.7 Å². The molecule has 0 spiro atoms. The van der Waals surface area contributed by atoms with Crippen LogP contribution in [0.4, 0.5) is 18.9 Å². The smallest absolute Gasteiger partial charge is 0.416 e. The minimum Gasteiger partial charge on any atom is -0.504 e. The molecule has 2 aromatic carbocycles. The maximum Gasteiger partial charge on any atom is 0.416 e. The average Bonchev–Trinajstić information content (AvgIpc) is 2.66. The molecule has 2 rings (SSSR count). The van der Waals surface area contributed by atoms with Gasteiger partial charge in [0, 0.05) is 6.08 Å². The van der Waals surface area contributed by atoms with Gasteiger partial charge in [0.1, 0.15) is 0 Å². The van der Waals surface area contributed by atoms with Crippen LogP contribution >= 0.6 is 11.6 Å². The van der Waals surface area contributed by atoms with E-state index in [0.29, 0.717) is 11.6 Å². The number of phenolic OH excluding ortho intramolecular Hbond substituents is 1. The number of rotatable bonds is 6. The van der Waals surface area contributed by atoms with Gasteiger partial charge in [-0.2, -0.15) is 13.2 Å². The summed E-state index contributed by atoms with van der Waals surface area (Å²) in [4.78, 5) is 23.5. The molecule has 0 aromatic heterocycles. The molecule has 0 unspecified atom stereocenters. The third-order valence-electron chi connectivity index (χ3n) is 3.53. The number of alkyl halides is 3. The van der Waals surface area contributed by atoms with Crippen molar-refractivity contribution in [2.75, 3.05) is 19.0 Å². The number of ether oxygens (including phenoxy) is 2. The highest BCUT2D eigenvalue weighted by molar-refractivity contribution is 6.33. The number of esters is 1. The molecule has 0 aliphatic heterocycles. The summed E-state index contributed by atoms with van der Waals surface area (Å²) >= 11 is 5.78. The van der Waals surface area contributed by atoms with Crippen LogP contribution in [0.5, 0.6) is 11.5 Å². The molecular weight excluding hydrogens is 415 g/mol. The number of carbonyl (C=O) groups excluding carboxylic acids is 2. The van der Waals surface area contributed by atoms with Gasteiger partial charge in [-0.3, -0.25) is 4.79 Å². The lowest BCUT2D eigenvalue weighted by Crippen LogP contribution is -2.20. The standard InChI is InChI=1S/C19H15ClF3NO5/c1-28-16-8-11(2-6-15(16)25)3-7-18(27)29-10-17(26)24-14-9-12(19(21,22)23)4-5-13(14)20/h2-9,25H,10H2,1H3,(H,24,26)/b7-3+. The fourth-order valence-corrected chi connectivity index (χ4v) is 2.30. The number of aromatic hydroxyl groups is 1. The Kier molecular flexibility index (Phi) is 7.11. The SMILES string of the molecule is COc1cc(/C=C/C(=O)OCC(=O)Nc2cc(C(F)(F)F)ccc2Cl)ccc1O. The number of hydrogen-bond acceptors (Lipinski definition) is 5. The zero-order valence-corrected chi connectivity index (χ0v) is 15.7. The lowest BCUT2D eigenvalue weighted by atomic mass is 10.2. The van der Waals surface area contributed by atoms with Gasteiger partial charge in [0.2, 0.25) is 0 Å². The molecule has 0 radical (unpaired) electrons. The summed E-state index contributed by atoms with van der Waals surface area (Å²) in [6.07, 6.45) is -2.19. The molecule has 2 N–H and O–H groups in total. The normalized spacial score (nSPS) is 11.3. The summed E-state index contributed by atoms with van der Waals surface area (Å²) in [5, 5.41) is 11.6. The third-order valence-corrected chi connectivity index (χ3v) is 3.86. The van der Waals surface area contributed by atoms with Crippen LogP contribution in [0.1, 0.15) is 11.1 Å². The second kappa shape index (κ2) is 9.33. The van der Waals surface area contributed by atoms with E-state index in [9.17, 15) is 27.9 Å². The number of hydrogen-bond donors (Lipinski definition) is 2. The van der Waals surface area contributed by atoms with Crippen molar-refractivity contribution in [2.45, 2.75) is 6.18 Å². The highest BCUT2D eigenvalue weighted by Crippen LogP contribution is 2.33. The van der Waals surface area contributed by atoms with Gasteiger partial charge >= 0.3 is 12.1 Å². The third kappa shape index (κ3) is 6.42. The molecule has 0 aliphatic carbocycles. The van der Waals surface area contributed by atoms with E-state index in [4.69, 9.17) is 21.1 Å². The number of halogens is 4. The first-order valence-corrected chi connectivity index (χ1v) is 8.36. The highest BCUT2D eigenvalue weighted by atomic mass is 35.5. The van der Waals surface area contributed by atoms with Crippen molar-refractivity contribution in [1.29, 1.82) is 0 Å². The zero-order chi connectivity index (χ0) is 21.6. The Balaban J connectivity index is 1.93. The molecule has 0 bridgehead atoms. The van der Waals surface area contributed by atoms with Crippen LogP contribution in [0.15, 0.2) is 42.5 Å². The van der Waals surface area contributed by atoms with Crippen LogP contribution in [0.3, 0.4) is 0 Å². The Labute approximate surface area is 168 Å². The Bertz CT molecular complexity index is 944. The van der Waals surface area contributed by atoms with Gasteiger partial charge in [0.15, 0.2) is 18.1 Å². The molecule has 0 saturated heterocycles. The second-order valence-corrected chi connectivity index (χ2v) is 6.02. The van der Waals surface area contributed by atoms with Crippen LogP contribution in [-0.2, 0) is 20.5 Å². The molecule has 0 atom stereocenters. The first kappa shape index (κ1) is 22.1. The van der Waals surface area contributed by atoms with E-state index >= 15 is 0 Å². The fourth-order valence-electron chi connectivity index (χ4n) is 2.13. The van der Waals surface area contributed by atoms with Crippen molar-refractivity contribution in [3.8, 4) is 11.5 Å². The Morgan fingerprint density at radius 3 is 2.59 bits per heavy atom. The van der Waals surface area contributed by atoms with Gasteiger partial charge in [-0.05, 0) is 42.0 Å². The van der Waals surface area contributed by atoms with Crippen molar-refractivity contribution in [2.24, 2.45) is 0 Å². The number of phenols is 1. The monoisotopic (exact) mass is 429 g/mol. The lowest BCUT2D eigenvalue weighted by Gasteiger charge is -2.11. The molecule has 154 valence electrons. The van der Waals surface area contributed by atoms with Crippen molar-refractivity contribution in [3.63, 3.8) is 0 Å². The second-order valence-electron chi connectivity index (χ2n) is 5.61. The van der Waals surface area contributed by atoms with Gasteiger partial charge in [0.05, 0.1) is 23.4 Å². The van der Waals surface area contributed by atoms with Crippen molar-refractivity contribution in [3.05, 3.63) is 58.6 Å². The van der Waals surface area contributed by atoms with Gasteiger partial charge in [-0.25, -0.2) is 4.79 Å². The predicted molar refractivity (Wildman–Crippen MR) is 99.7 cm³/mol. The van der Waals surface area contributed by atoms with Crippen molar-refractivity contribution < 1.29 is 37.3 Å². The van der Waals surface area contributed by atoms with E-state index in [2.05, 4.69) is 5.32 Å². The molecular formula is C19H15ClF3NO5. The van der Waals surface area contributed by atoms with Crippen LogP contribution in [0.25, 0.3) is 6.08 Å². The first-order chi connectivity index (χ1) is 13.6. The lowest BCUT2D eigenvalue weighted by molar-refractivity contribution is -0.142. The Morgan fingerprint density at radius 2 is 1.93 bits per heavy atom. The first-order valence-electron chi connectivity index (χ1n) is 7.98. The molecule has 2 aromatic rings. The summed E-state index contributed by atoms with van der Waals surface area (Å²) in [6.45, 7) is -0.728. The molecule has 1 amide bonds. The highest BCUT2D eigenvalue weighted by Gasteiger charge is 2.31. The van der Waals surface area contributed by atoms with E-state index in [1.165, 1.54) is 31.4 Å². The molecule has 10 heteroatoms. The fraction of sp³-hybridized carbons (Fsp3) is 0.158. The summed E-state index contributed by atoms with van der Waals surface area (Å²) < 4.78 is 47.9. The molecule has 6 nitrogen and oxygen atoms in total. The van der Waals surface area contributed by atoms with Crippen molar-refractivity contribution in [1.82, 2.24) is 0 Å². The summed E-state index contributed by atoms with van der Waals surface area (Å²) in [5.41, 5.74) is -0.715. The number of nitrogens with one attached hydrogen (secondary N) is 1. The van der Waals surface area contributed by atoms with E-state index in [0.717, 1.165) is 18.2 Å². The number of carbonyl (C=O) groups is 2. The Hall–Kier alpha value is -3.20. The van der Waals surface area contributed by atoms with E-state index in [1.807, 2.05) is 0 Å². The largest absolute Gasteiger partial charge is 0.504 e. The number of methoxy groups -OCH3 is 1. The number of amides is 1. The van der Waals surface area contributed by atoms with Crippen LogP contribution in [0.2, 0.25) is 5.02 Å². The molecule has 0 saturated carbocycles. The van der Waals surface area contributed by atoms with E-state index in [-0.39, 0.29) is 22.2 Å². The predicted octanol–water partition coefficient (Wildman–Crippen LogP) is 4.27. The minimum atomic E-state index is -4.60. The quantitative estimate of drug-likeness (QED) is 0.529. The van der Waals surface area contributed by atoms with E-state index in [1.54, 1.807) is 0 Å².